The summed E-state index contributed by atoms with van der Waals surface area (Å²) in [5.74, 6) is 0. The number of benzene rings is 7. The van der Waals surface area contributed by atoms with Crippen LogP contribution < -0.4 is 0 Å². The lowest BCUT2D eigenvalue weighted by Crippen LogP contribution is -2.01. The van der Waals surface area contributed by atoms with Crippen LogP contribution in [0.3, 0.4) is 0 Å². The van der Waals surface area contributed by atoms with Crippen molar-refractivity contribution in [3.63, 3.8) is 0 Å². The molecule has 5 nitrogen and oxygen atoms in total. The molecule has 0 aliphatic heterocycles. The zero-order valence-electron chi connectivity index (χ0n) is 26.7. The summed E-state index contributed by atoms with van der Waals surface area (Å²) in [6.07, 6.45) is 0. The molecule has 230 valence electrons. The van der Waals surface area contributed by atoms with Gasteiger partial charge in [0.05, 0.1) is 56.2 Å². The van der Waals surface area contributed by atoms with E-state index in [0.29, 0.717) is 27.9 Å². The largest absolute Gasteiger partial charge is 0.309 e. The van der Waals surface area contributed by atoms with Gasteiger partial charge in [-0.05, 0) is 65.7 Å². The Kier molecular flexibility index (Phi) is 6.56. The molecule has 0 saturated carbocycles. The van der Waals surface area contributed by atoms with Crippen LogP contribution in [0.4, 0.5) is 0 Å². The lowest BCUT2D eigenvalue weighted by atomic mass is 9.92. The molecular weight excluding hydrogens is 611 g/mol. The molecule has 5 heteroatoms. The van der Waals surface area contributed by atoms with Crippen LogP contribution in [-0.2, 0) is 0 Å². The molecule has 0 saturated heterocycles. The molecule has 50 heavy (non-hydrogen) atoms. The third-order valence-corrected chi connectivity index (χ3v) is 9.66. The molecule has 0 aliphatic carbocycles. The maximum absolute atomic E-state index is 10.6. The molecule has 0 bridgehead atoms. The van der Waals surface area contributed by atoms with Crippen LogP contribution in [0.15, 0.2) is 152 Å². The van der Waals surface area contributed by atoms with Crippen molar-refractivity contribution in [2.24, 2.45) is 0 Å². The normalized spacial score (nSPS) is 11.1. The van der Waals surface area contributed by atoms with Gasteiger partial charge in [0.25, 0.3) is 0 Å². The molecule has 9 aromatic rings. The number of fused-ring (bicyclic) bond motifs is 6. The Morgan fingerprint density at radius 3 is 1.54 bits per heavy atom. The van der Waals surface area contributed by atoms with Crippen molar-refractivity contribution in [2.75, 3.05) is 0 Å². The summed E-state index contributed by atoms with van der Waals surface area (Å²) < 4.78 is 4.34. The number of hydrogen-bond donors (Lipinski definition) is 0. The number of nitriles is 3. The van der Waals surface area contributed by atoms with E-state index in [2.05, 4.69) is 102 Å². The van der Waals surface area contributed by atoms with E-state index in [9.17, 15) is 15.8 Å². The lowest BCUT2D eigenvalue weighted by molar-refractivity contribution is 1.16. The van der Waals surface area contributed by atoms with Gasteiger partial charge < -0.3 is 9.13 Å². The Bertz CT molecular complexity index is 2920. The SMILES string of the molecule is N#Cc1ccc2c(c1)c1ccccc1n2-c1ccc(-c2cccc(-c3ccccc3-n3c4ccccc4c4ccccc43)c2)c(C#N)c1C#N. The van der Waals surface area contributed by atoms with Gasteiger partial charge in [-0.3, -0.25) is 0 Å². The summed E-state index contributed by atoms with van der Waals surface area (Å²) in [6, 6.07) is 57.9. The molecule has 2 aromatic heterocycles. The van der Waals surface area contributed by atoms with Crippen LogP contribution in [0.5, 0.6) is 0 Å². The highest BCUT2D eigenvalue weighted by Gasteiger charge is 2.21. The Balaban J connectivity index is 1.23. The van der Waals surface area contributed by atoms with Gasteiger partial charge in [-0.25, -0.2) is 0 Å². The molecule has 0 amide bonds. The van der Waals surface area contributed by atoms with Gasteiger partial charge in [-0.1, -0.05) is 97.1 Å². The molecule has 0 spiro atoms. The van der Waals surface area contributed by atoms with Gasteiger partial charge >= 0.3 is 0 Å². The van der Waals surface area contributed by atoms with Gasteiger partial charge in [0.15, 0.2) is 0 Å². The molecule has 0 fully saturated rings. The van der Waals surface area contributed by atoms with Crippen molar-refractivity contribution in [2.45, 2.75) is 0 Å². The van der Waals surface area contributed by atoms with Gasteiger partial charge in [0.2, 0.25) is 0 Å². The summed E-state index contributed by atoms with van der Waals surface area (Å²) in [7, 11) is 0. The van der Waals surface area contributed by atoms with Crippen LogP contribution in [0, 0.1) is 34.0 Å². The molecule has 0 aliphatic rings. The van der Waals surface area contributed by atoms with E-state index in [4.69, 9.17) is 0 Å². The standard InChI is InChI=1S/C45H25N5/c46-26-29-20-22-44-37(24-29)36-15-4-8-19-43(36)50(44)45-23-21-32(38(27-47)39(45)28-48)30-10-9-11-31(25-30)33-12-1-5-16-40(33)49-41-17-6-2-13-34(41)35-14-3-7-18-42(35)49/h1-25H. The van der Waals surface area contributed by atoms with Crippen molar-refractivity contribution in [1.82, 2.24) is 9.13 Å². The predicted octanol–water partition coefficient (Wildman–Crippen LogP) is 10.8. The third kappa shape index (κ3) is 4.24. The van der Waals surface area contributed by atoms with E-state index in [1.54, 1.807) is 6.07 Å². The maximum atomic E-state index is 10.6. The van der Waals surface area contributed by atoms with Gasteiger partial charge in [0.1, 0.15) is 12.1 Å². The quantitative estimate of drug-likeness (QED) is 0.193. The van der Waals surface area contributed by atoms with E-state index in [-0.39, 0.29) is 0 Å². The molecule has 0 radical (unpaired) electrons. The number of aromatic nitrogens is 2. The van der Waals surface area contributed by atoms with Crippen LogP contribution >= 0.6 is 0 Å². The highest BCUT2D eigenvalue weighted by molar-refractivity contribution is 6.11. The highest BCUT2D eigenvalue weighted by Crippen LogP contribution is 2.39. The Morgan fingerprint density at radius 1 is 0.360 bits per heavy atom. The van der Waals surface area contributed by atoms with Crippen molar-refractivity contribution in [3.05, 3.63) is 168 Å². The van der Waals surface area contributed by atoms with Gasteiger partial charge in [0, 0.05) is 32.7 Å². The summed E-state index contributed by atoms with van der Waals surface area (Å²) in [5, 5.41) is 35.1. The third-order valence-electron chi connectivity index (χ3n) is 9.66. The van der Waals surface area contributed by atoms with Crippen molar-refractivity contribution in [3.8, 4) is 51.8 Å². The zero-order chi connectivity index (χ0) is 33.8. The van der Waals surface area contributed by atoms with Gasteiger partial charge in [-0.15, -0.1) is 0 Å². The lowest BCUT2D eigenvalue weighted by Gasteiger charge is -2.16. The molecule has 2 heterocycles. The van der Waals surface area contributed by atoms with E-state index in [1.807, 2.05) is 71.3 Å². The first kappa shape index (κ1) is 28.8. The molecule has 7 aromatic carbocycles. The van der Waals surface area contributed by atoms with Crippen molar-refractivity contribution < 1.29 is 0 Å². The number of para-hydroxylation sites is 4. The van der Waals surface area contributed by atoms with Crippen molar-refractivity contribution >= 4 is 43.6 Å². The fourth-order valence-electron chi connectivity index (χ4n) is 7.50. The second-order valence-electron chi connectivity index (χ2n) is 12.3. The first-order valence-electron chi connectivity index (χ1n) is 16.3. The summed E-state index contributed by atoms with van der Waals surface area (Å²) in [6.45, 7) is 0. The minimum atomic E-state index is 0.299. The van der Waals surface area contributed by atoms with Crippen molar-refractivity contribution in [1.29, 1.82) is 15.8 Å². The number of nitrogens with zero attached hydrogens (tertiary/aromatic N) is 5. The van der Waals surface area contributed by atoms with Crippen LogP contribution in [0.2, 0.25) is 0 Å². The minimum absolute atomic E-state index is 0.299. The maximum Gasteiger partial charge on any atom is 0.103 e. The first-order valence-corrected chi connectivity index (χ1v) is 16.3. The fourth-order valence-corrected chi connectivity index (χ4v) is 7.50. The topological polar surface area (TPSA) is 81.2 Å². The van der Waals surface area contributed by atoms with E-state index in [1.165, 1.54) is 10.8 Å². The Morgan fingerprint density at radius 2 is 0.900 bits per heavy atom. The molecular formula is C45H25N5. The predicted molar refractivity (Wildman–Crippen MR) is 200 cm³/mol. The van der Waals surface area contributed by atoms with E-state index in [0.717, 1.165) is 55.2 Å². The smallest absolute Gasteiger partial charge is 0.103 e. The first-order chi connectivity index (χ1) is 24.7. The highest BCUT2D eigenvalue weighted by atomic mass is 15.0. The zero-order valence-corrected chi connectivity index (χ0v) is 26.7. The molecule has 0 unspecified atom stereocenters. The second-order valence-corrected chi connectivity index (χ2v) is 12.3. The summed E-state index contributed by atoms with van der Waals surface area (Å²) in [5.41, 5.74) is 10.5. The van der Waals surface area contributed by atoms with Crippen LogP contribution in [0.25, 0.3) is 77.2 Å². The average molecular weight is 636 g/mol. The van der Waals surface area contributed by atoms with E-state index < -0.39 is 0 Å². The second kappa shape index (κ2) is 11.4. The van der Waals surface area contributed by atoms with E-state index >= 15 is 0 Å². The summed E-state index contributed by atoms with van der Waals surface area (Å²) in [4.78, 5) is 0. The number of hydrogen-bond acceptors (Lipinski definition) is 3. The van der Waals surface area contributed by atoms with Crippen LogP contribution in [0.1, 0.15) is 16.7 Å². The monoisotopic (exact) mass is 635 g/mol. The Labute approximate surface area is 287 Å². The fraction of sp³-hybridized carbons (Fsp3) is 0. The Hall–Kier alpha value is -7.39. The molecule has 9 rings (SSSR count). The van der Waals surface area contributed by atoms with Crippen LogP contribution in [-0.4, -0.2) is 9.13 Å². The minimum Gasteiger partial charge on any atom is -0.309 e. The average Bonchev–Trinajstić information content (AvgIpc) is 3.69. The number of rotatable bonds is 4. The molecule has 0 atom stereocenters. The summed E-state index contributed by atoms with van der Waals surface area (Å²) >= 11 is 0. The van der Waals surface area contributed by atoms with Gasteiger partial charge in [-0.2, -0.15) is 15.8 Å². The molecule has 0 N–H and O–H groups in total.